The molecule has 1 atom stereocenters. The van der Waals surface area contributed by atoms with Gasteiger partial charge in [0.15, 0.2) is 0 Å². The monoisotopic (exact) mass is 782 g/mol. The highest BCUT2D eigenvalue weighted by Crippen LogP contribution is 2.14. The Morgan fingerprint density at radius 3 is 1.67 bits per heavy atom. The number of aromatic carboxylic acids is 1. The van der Waals surface area contributed by atoms with Crippen LogP contribution in [-0.2, 0) is 47.7 Å². The fraction of sp³-hybridized carbons (Fsp3) is 0.649. The van der Waals surface area contributed by atoms with Crippen LogP contribution in [0.15, 0.2) is 24.3 Å². The summed E-state index contributed by atoms with van der Waals surface area (Å²) in [6.07, 6.45) is 8.24. The van der Waals surface area contributed by atoms with E-state index in [0.717, 1.165) is 44.9 Å². The lowest BCUT2D eigenvalue weighted by atomic mass is 10.1. The smallest absolute Gasteiger partial charge is 0.335 e. The fourth-order valence-electron chi connectivity index (χ4n) is 4.77. The first-order valence-electron chi connectivity index (χ1n) is 18.6. The number of ether oxygens (including phenoxy) is 5. The molecule has 55 heavy (non-hydrogen) atoms. The third-order valence-electron chi connectivity index (χ3n) is 7.69. The first-order chi connectivity index (χ1) is 26.6. The highest BCUT2D eigenvalue weighted by Gasteiger charge is 2.20. The zero-order valence-electron chi connectivity index (χ0n) is 31.5. The van der Waals surface area contributed by atoms with Gasteiger partial charge in [0, 0.05) is 25.9 Å². The molecule has 4 amide bonds. The number of hydrogen-bond donors (Lipinski definition) is 6. The number of unbranched alkanes of at least 4 members (excludes halogenated alkanes) is 7. The molecule has 1 rings (SSSR count). The third kappa shape index (κ3) is 28.5. The minimum absolute atomic E-state index is 0.0451. The van der Waals surface area contributed by atoms with E-state index in [2.05, 4.69) is 21.3 Å². The quantitative estimate of drug-likeness (QED) is 0.0414. The van der Waals surface area contributed by atoms with Crippen LogP contribution in [0, 0.1) is 0 Å². The van der Waals surface area contributed by atoms with Crippen LogP contribution in [-0.4, -0.2) is 137 Å². The van der Waals surface area contributed by atoms with Crippen LogP contribution in [0.25, 0.3) is 0 Å². The molecule has 0 spiro atoms. The molecule has 0 unspecified atom stereocenters. The average molecular weight is 783 g/mol. The normalized spacial score (nSPS) is 11.3. The molecular formula is C37H58N4O14. The molecule has 18 heteroatoms. The van der Waals surface area contributed by atoms with Crippen molar-refractivity contribution < 1.29 is 67.5 Å². The van der Waals surface area contributed by atoms with E-state index in [1.807, 2.05) is 0 Å². The summed E-state index contributed by atoms with van der Waals surface area (Å²) in [6.45, 7) is 1.81. The van der Waals surface area contributed by atoms with E-state index in [1.54, 1.807) is 12.1 Å². The number of carbonyl (C=O) groups is 7. The Bertz CT molecular complexity index is 1260. The van der Waals surface area contributed by atoms with Crippen molar-refractivity contribution in [1.29, 1.82) is 0 Å². The summed E-state index contributed by atoms with van der Waals surface area (Å²) in [5.41, 5.74) is 0.222. The number of aldehydes is 1. The average Bonchev–Trinajstić information content (AvgIpc) is 3.16. The molecule has 6 N–H and O–H groups in total. The standard InChI is InChI=1S/C37H58N4O14/c42-19-16-38-34(45)27-53-25-24-52-22-18-40-35(46)28-54-26-23-51-21-17-39-32(43)15-14-31(37(49)50)41-33(44)9-7-5-3-1-2-4-6-8-20-55-30-12-10-29(11-13-30)36(47)48/h10-13,19,31H,1-9,14-18,20-28H2,(H,38,45)(H,39,43)(H,40,46)(H,41,44)(H,47,48)(H,49,50)/t31-/m0/s1. The topological polar surface area (TPSA) is 254 Å². The minimum Gasteiger partial charge on any atom is -0.494 e. The lowest BCUT2D eigenvalue weighted by Crippen LogP contribution is -2.41. The number of benzene rings is 1. The second-order valence-corrected chi connectivity index (χ2v) is 12.3. The van der Waals surface area contributed by atoms with E-state index in [-0.39, 0.29) is 115 Å². The maximum absolute atomic E-state index is 12.3. The molecule has 0 aliphatic rings. The van der Waals surface area contributed by atoms with Gasteiger partial charge >= 0.3 is 11.9 Å². The predicted molar refractivity (Wildman–Crippen MR) is 198 cm³/mol. The molecule has 0 aliphatic heterocycles. The molecule has 18 nitrogen and oxygen atoms in total. The van der Waals surface area contributed by atoms with Crippen molar-refractivity contribution in [2.45, 2.75) is 76.7 Å². The number of rotatable bonds is 36. The van der Waals surface area contributed by atoms with E-state index in [9.17, 15) is 38.7 Å². The maximum Gasteiger partial charge on any atom is 0.335 e. The van der Waals surface area contributed by atoms with Crippen molar-refractivity contribution in [1.82, 2.24) is 21.3 Å². The van der Waals surface area contributed by atoms with E-state index >= 15 is 0 Å². The van der Waals surface area contributed by atoms with Crippen molar-refractivity contribution in [3.8, 4) is 5.75 Å². The van der Waals surface area contributed by atoms with Crippen LogP contribution in [0.5, 0.6) is 5.75 Å². The zero-order chi connectivity index (χ0) is 40.4. The Labute approximate surface area is 321 Å². The molecule has 0 aliphatic carbocycles. The van der Waals surface area contributed by atoms with Gasteiger partial charge in [-0.15, -0.1) is 0 Å². The van der Waals surface area contributed by atoms with Gasteiger partial charge < -0.3 is 60.0 Å². The van der Waals surface area contributed by atoms with Gasteiger partial charge in [0.05, 0.1) is 58.4 Å². The second-order valence-electron chi connectivity index (χ2n) is 12.3. The van der Waals surface area contributed by atoms with Crippen LogP contribution < -0.4 is 26.0 Å². The van der Waals surface area contributed by atoms with Crippen molar-refractivity contribution in [2.24, 2.45) is 0 Å². The van der Waals surface area contributed by atoms with Crippen LogP contribution in [0.4, 0.5) is 0 Å². The Hall–Kier alpha value is -4.65. The van der Waals surface area contributed by atoms with Gasteiger partial charge in [-0.2, -0.15) is 0 Å². The summed E-state index contributed by atoms with van der Waals surface area (Å²) in [6, 6.07) is 5.17. The molecule has 0 aromatic heterocycles. The summed E-state index contributed by atoms with van der Waals surface area (Å²) in [5.74, 6) is -2.98. The fourth-order valence-corrected chi connectivity index (χ4v) is 4.77. The van der Waals surface area contributed by atoms with E-state index < -0.39 is 23.9 Å². The molecule has 0 heterocycles. The molecule has 1 aromatic carbocycles. The Kier molecular flexibility index (Phi) is 28.8. The Morgan fingerprint density at radius 1 is 0.582 bits per heavy atom. The number of carbonyl (C=O) groups excluding carboxylic acids is 5. The highest BCUT2D eigenvalue weighted by molar-refractivity contribution is 5.87. The van der Waals surface area contributed by atoms with Gasteiger partial charge in [-0.1, -0.05) is 38.5 Å². The SMILES string of the molecule is O=CCNC(=O)COCCOCCNC(=O)COCCOCCNC(=O)CC[C@H](NC(=O)CCCCCCCCCCOc1ccc(C(=O)O)cc1)C(=O)O. The van der Waals surface area contributed by atoms with Gasteiger partial charge in [0.1, 0.15) is 31.3 Å². The first kappa shape index (κ1) is 48.4. The number of amides is 4. The van der Waals surface area contributed by atoms with Gasteiger partial charge in [0.25, 0.3) is 0 Å². The number of hydrogen-bond acceptors (Lipinski definition) is 12. The minimum atomic E-state index is -1.20. The van der Waals surface area contributed by atoms with Crippen LogP contribution in [0.3, 0.4) is 0 Å². The largest absolute Gasteiger partial charge is 0.494 e. The van der Waals surface area contributed by atoms with Crippen molar-refractivity contribution in [3.63, 3.8) is 0 Å². The third-order valence-corrected chi connectivity index (χ3v) is 7.69. The molecular weight excluding hydrogens is 724 g/mol. The van der Waals surface area contributed by atoms with Crippen LogP contribution >= 0.6 is 0 Å². The van der Waals surface area contributed by atoms with E-state index in [1.165, 1.54) is 12.1 Å². The first-order valence-corrected chi connectivity index (χ1v) is 18.6. The van der Waals surface area contributed by atoms with E-state index in [0.29, 0.717) is 25.1 Å². The molecule has 0 bridgehead atoms. The number of carboxylic acids is 2. The second kappa shape index (κ2) is 32.8. The molecule has 1 aromatic rings. The molecule has 0 saturated carbocycles. The Morgan fingerprint density at radius 2 is 1.11 bits per heavy atom. The van der Waals surface area contributed by atoms with Gasteiger partial charge in [-0.3, -0.25) is 19.2 Å². The van der Waals surface area contributed by atoms with Crippen molar-refractivity contribution >= 4 is 41.9 Å². The molecule has 0 radical (unpaired) electrons. The number of carboxylic acid groups (broad SMARTS) is 2. The number of aliphatic carboxylic acids is 1. The Balaban J connectivity index is 1.95. The predicted octanol–water partition coefficient (Wildman–Crippen LogP) is 1.24. The summed E-state index contributed by atoms with van der Waals surface area (Å²) >= 11 is 0. The van der Waals surface area contributed by atoms with Gasteiger partial charge in [-0.05, 0) is 43.5 Å². The summed E-state index contributed by atoms with van der Waals surface area (Å²) in [5, 5.41) is 28.5. The van der Waals surface area contributed by atoms with Gasteiger partial charge in [-0.25, -0.2) is 9.59 Å². The van der Waals surface area contributed by atoms with Crippen LogP contribution in [0.1, 0.15) is 81.0 Å². The molecule has 0 saturated heterocycles. The summed E-state index contributed by atoms with van der Waals surface area (Å²) in [4.78, 5) is 80.1. The molecule has 310 valence electrons. The summed E-state index contributed by atoms with van der Waals surface area (Å²) in [7, 11) is 0. The van der Waals surface area contributed by atoms with Crippen LogP contribution in [0.2, 0.25) is 0 Å². The van der Waals surface area contributed by atoms with Gasteiger partial charge in [0.2, 0.25) is 23.6 Å². The van der Waals surface area contributed by atoms with Crippen molar-refractivity contribution in [2.75, 3.05) is 79.1 Å². The van der Waals surface area contributed by atoms with E-state index in [4.69, 9.17) is 28.8 Å². The lowest BCUT2D eigenvalue weighted by Gasteiger charge is -2.14. The maximum atomic E-state index is 12.3. The molecule has 0 fully saturated rings. The lowest BCUT2D eigenvalue weighted by molar-refractivity contribution is -0.142. The zero-order valence-corrected chi connectivity index (χ0v) is 31.5. The highest BCUT2D eigenvalue weighted by atomic mass is 16.5. The van der Waals surface area contributed by atoms with Crippen molar-refractivity contribution in [3.05, 3.63) is 29.8 Å². The number of nitrogens with one attached hydrogen (secondary N) is 4. The summed E-state index contributed by atoms with van der Waals surface area (Å²) < 4.78 is 26.6.